The fourth-order valence-corrected chi connectivity index (χ4v) is 2.85. The van der Waals surface area contributed by atoms with Gasteiger partial charge in [-0.1, -0.05) is 22.0 Å². The van der Waals surface area contributed by atoms with Crippen LogP contribution in [0, 0.1) is 12.7 Å². The van der Waals surface area contributed by atoms with E-state index in [9.17, 15) is 9.18 Å². The van der Waals surface area contributed by atoms with Crippen LogP contribution >= 0.6 is 15.9 Å². The normalized spacial score (nSPS) is 10.8. The van der Waals surface area contributed by atoms with Gasteiger partial charge in [-0.2, -0.15) is 0 Å². The fraction of sp³-hybridized carbons (Fsp3) is 0.167. The Morgan fingerprint density at radius 2 is 2.08 bits per heavy atom. The van der Waals surface area contributed by atoms with Crippen molar-refractivity contribution in [2.24, 2.45) is 0 Å². The highest BCUT2D eigenvalue weighted by Crippen LogP contribution is 2.28. The third kappa shape index (κ3) is 3.14. The smallest absolute Gasteiger partial charge is 0.287 e. The Labute approximate surface area is 146 Å². The average Bonchev–Trinajstić information content (AvgIpc) is 2.89. The molecule has 0 atom stereocenters. The number of nitrogens with one attached hydrogen (secondary N) is 1. The molecule has 1 aromatic heterocycles. The lowest BCUT2D eigenvalue weighted by Gasteiger charge is -2.06. The summed E-state index contributed by atoms with van der Waals surface area (Å²) >= 11 is 3.40. The molecule has 0 aliphatic rings. The van der Waals surface area contributed by atoms with Gasteiger partial charge in [0, 0.05) is 22.0 Å². The predicted octanol–water partition coefficient (Wildman–Crippen LogP) is 4.58. The van der Waals surface area contributed by atoms with E-state index in [-0.39, 0.29) is 24.0 Å². The molecule has 4 nitrogen and oxygen atoms in total. The molecular weight excluding hydrogens is 377 g/mol. The van der Waals surface area contributed by atoms with E-state index in [4.69, 9.17) is 9.15 Å². The minimum atomic E-state index is -0.464. The maximum Gasteiger partial charge on any atom is 0.287 e. The van der Waals surface area contributed by atoms with E-state index in [1.807, 2.05) is 25.1 Å². The Morgan fingerprint density at radius 3 is 2.79 bits per heavy atom. The van der Waals surface area contributed by atoms with Crippen molar-refractivity contribution in [2.75, 3.05) is 7.11 Å². The molecule has 0 spiro atoms. The lowest BCUT2D eigenvalue weighted by atomic mass is 10.1. The van der Waals surface area contributed by atoms with Gasteiger partial charge in [-0.05, 0) is 42.8 Å². The van der Waals surface area contributed by atoms with E-state index < -0.39 is 5.82 Å². The van der Waals surface area contributed by atoms with Crippen LogP contribution in [-0.4, -0.2) is 13.0 Å². The van der Waals surface area contributed by atoms with Crippen LogP contribution in [0.2, 0.25) is 0 Å². The fourth-order valence-electron chi connectivity index (χ4n) is 2.49. The number of halogens is 2. The van der Waals surface area contributed by atoms with Gasteiger partial charge in [0.05, 0.1) is 7.11 Å². The number of aryl methyl sites for hydroxylation is 1. The molecule has 3 aromatic rings. The summed E-state index contributed by atoms with van der Waals surface area (Å²) in [5.74, 6) is -0.370. The molecule has 0 fully saturated rings. The van der Waals surface area contributed by atoms with Crippen LogP contribution in [0.1, 0.15) is 21.7 Å². The summed E-state index contributed by atoms with van der Waals surface area (Å²) in [5.41, 5.74) is 2.05. The third-order valence-electron chi connectivity index (χ3n) is 3.77. The Morgan fingerprint density at radius 1 is 1.29 bits per heavy atom. The number of hydrogen-bond acceptors (Lipinski definition) is 3. The van der Waals surface area contributed by atoms with Gasteiger partial charge >= 0.3 is 0 Å². The molecule has 1 heterocycles. The van der Waals surface area contributed by atoms with Crippen molar-refractivity contribution in [2.45, 2.75) is 13.5 Å². The number of fused-ring (bicyclic) bond motifs is 1. The monoisotopic (exact) mass is 391 g/mol. The topological polar surface area (TPSA) is 51.5 Å². The Kier molecular flexibility index (Phi) is 4.57. The Bertz CT molecular complexity index is 920. The summed E-state index contributed by atoms with van der Waals surface area (Å²) in [6, 6.07) is 10.1. The Hall–Kier alpha value is -2.34. The van der Waals surface area contributed by atoms with Crippen LogP contribution in [0.25, 0.3) is 11.0 Å². The molecule has 0 aliphatic carbocycles. The number of amides is 1. The quantitative estimate of drug-likeness (QED) is 0.707. The summed E-state index contributed by atoms with van der Waals surface area (Å²) in [4.78, 5) is 12.4. The van der Waals surface area contributed by atoms with Gasteiger partial charge in [-0.3, -0.25) is 4.79 Å². The number of methoxy groups -OCH3 is 1. The summed E-state index contributed by atoms with van der Waals surface area (Å²) < 4.78 is 25.1. The second-order valence-electron chi connectivity index (χ2n) is 5.35. The number of benzene rings is 2. The van der Waals surface area contributed by atoms with E-state index in [0.29, 0.717) is 11.1 Å². The van der Waals surface area contributed by atoms with Gasteiger partial charge in [-0.25, -0.2) is 4.39 Å². The van der Waals surface area contributed by atoms with Gasteiger partial charge in [0.2, 0.25) is 0 Å². The molecular formula is C18H15BrFNO3. The molecule has 24 heavy (non-hydrogen) atoms. The highest BCUT2D eigenvalue weighted by atomic mass is 79.9. The minimum Gasteiger partial charge on any atom is -0.494 e. The Balaban J connectivity index is 1.78. The maximum absolute atomic E-state index is 13.7. The van der Waals surface area contributed by atoms with E-state index in [1.54, 1.807) is 6.07 Å². The molecule has 1 N–H and O–H groups in total. The van der Waals surface area contributed by atoms with Crippen LogP contribution in [0.15, 0.2) is 45.3 Å². The van der Waals surface area contributed by atoms with E-state index in [0.717, 1.165) is 15.4 Å². The van der Waals surface area contributed by atoms with Crippen LogP contribution in [0.4, 0.5) is 4.39 Å². The molecule has 3 rings (SSSR count). The first kappa shape index (κ1) is 16.5. The molecule has 0 saturated heterocycles. The van der Waals surface area contributed by atoms with Crippen LogP contribution in [0.5, 0.6) is 5.75 Å². The van der Waals surface area contributed by atoms with E-state index >= 15 is 0 Å². The number of carbonyl (C=O) groups excluding carboxylic acids is 1. The van der Waals surface area contributed by atoms with E-state index in [1.165, 1.54) is 19.2 Å². The zero-order chi connectivity index (χ0) is 17.3. The van der Waals surface area contributed by atoms with Crippen molar-refractivity contribution in [1.29, 1.82) is 0 Å². The third-order valence-corrected chi connectivity index (χ3v) is 4.27. The molecule has 1 amide bonds. The highest BCUT2D eigenvalue weighted by molar-refractivity contribution is 9.10. The highest BCUT2D eigenvalue weighted by Gasteiger charge is 2.17. The zero-order valence-corrected chi connectivity index (χ0v) is 14.7. The van der Waals surface area contributed by atoms with Crippen LogP contribution < -0.4 is 10.1 Å². The molecule has 0 saturated carbocycles. The molecule has 0 bridgehead atoms. The number of rotatable bonds is 4. The molecule has 2 aromatic carbocycles. The van der Waals surface area contributed by atoms with Crippen molar-refractivity contribution in [1.82, 2.24) is 5.32 Å². The second kappa shape index (κ2) is 6.65. The molecule has 0 unspecified atom stereocenters. The first-order valence-corrected chi connectivity index (χ1v) is 8.08. The summed E-state index contributed by atoms with van der Waals surface area (Å²) in [5, 5.41) is 3.62. The largest absolute Gasteiger partial charge is 0.494 e. The van der Waals surface area contributed by atoms with Gasteiger partial charge in [-0.15, -0.1) is 0 Å². The SMILES string of the molecule is COc1ccc(CNC(=O)c2oc3ccc(Br)cc3c2C)cc1F. The molecule has 6 heteroatoms. The van der Waals surface area contributed by atoms with E-state index in [2.05, 4.69) is 21.2 Å². The zero-order valence-electron chi connectivity index (χ0n) is 13.2. The van der Waals surface area contributed by atoms with Crippen molar-refractivity contribution in [3.05, 3.63) is 63.6 Å². The number of furan rings is 1. The predicted molar refractivity (Wildman–Crippen MR) is 92.8 cm³/mol. The number of ether oxygens (including phenoxy) is 1. The minimum absolute atomic E-state index is 0.170. The van der Waals surface area contributed by atoms with Crippen LogP contribution in [0.3, 0.4) is 0 Å². The summed E-state index contributed by atoms with van der Waals surface area (Å²) in [6.07, 6.45) is 0. The first-order valence-electron chi connectivity index (χ1n) is 7.29. The van der Waals surface area contributed by atoms with Gasteiger partial charge in [0.15, 0.2) is 17.3 Å². The van der Waals surface area contributed by atoms with Gasteiger partial charge in [0.25, 0.3) is 5.91 Å². The summed E-state index contributed by atoms with van der Waals surface area (Å²) in [7, 11) is 1.41. The standard InChI is InChI=1S/C18H15BrFNO3/c1-10-13-8-12(19)4-6-15(13)24-17(10)18(22)21-9-11-3-5-16(23-2)14(20)7-11/h3-8H,9H2,1-2H3,(H,21,22). The number of carbonyl (C=O) groups is 1. The lowest BCUT2D eigenvalue weighted by molar-refractivity contribution is 0.0924. The van der Waals surface area contributed by atoms with Crippen LogP contribution in [-0.2, 0) is 6.54 Å². The lowest BCUT2D eigenvalue weighted by Crippen LogP contribution is -2.23. The number of hydrogen-bond donors (Lipinski definition) is 1. The van der Waals surface area contributed by atoms with Crippen molar-refractivity contribution < 1.29 is 18.3 Å². The second-order valence-corrected chi connectivity index (χ2v) is 6.26. The first-order chi connectivity index (χ1) is 11.5. The molecule has 124 valence electrons. The van der Waals surface area contributed by atoms with Crippen molar-refractivity contribution in [3.8, 4) is 5.75 Å². The molecule has 0 aliphatic heterocycles. The van der Waals surface area contributed by atoms with Crippen molar-refractivity contribution in [3.63, 3.8) is 0 Å². The molecule has 0 radical (unpaired) electrons. The average molecular weight is 392 g/mol. The van der Waals surface area contributed by atoms with Gasteiger partial charge < -0.3 is 14.5 Å². The van der Waals surface area contributed by atoms with Gasteiger partial charge in [0.1, 0.15) is 5.58 Å². The van der Waals surface area contributed by atoms with Crippen molar-refractivity contribution >= 4 is 32.8 Å². The maximum atomic E-state index is 13.7. The summed E-state index contributed by atoms with van der Waals surface area (Å²) in [6.45, 7) is 2.03.